The molecule has 0 amide bonds. The normalized spacial score (nSPS) is 17.6. The molecular formula is C12H18N2. The van der Waals surface area contributed by atoms with Crippen LogP contribution in [0.3, 0.4) is 0 Å². The van der Waals surface area contributed by atoms with Gasteiger partial charge in [0, 0.05) is 11.7 Å². The maximum absolute atomic E-state index is 4.64. The van der Waals surface area contributed by atoms with E-state index in [4.69, 9.17) is 0 Å². The first kappa shape index (κ1) is 9.50. The molecule has 0 saturated heterocycles. The quantitative estimate of drug-likeness (QED) is 0.656. The Morgan fingerprint density at radius 3 is 2.86 bits per heavy atom. The molecule has 1 atom stereocenters. The van der Waals surface area contributed by atoms with Gasteiger partial charge >= 0.3 is 0 Å². The molecule has 1 aliphatic rings. The molecule has 1 heterocycles. The van der Waals surface area contributed by atoms with Crippen LogP contribution in [0.5, 0.6) is 0 Å². The van der Waals surface area contributed by atoms with Crippen LogP contribution in [0.15, 0.2) is 12.7 Å². The van der Waals surface area contributed by atoms with Crippen LogP contribution in [0.25, 0.3) is 0 Å². The highest BCUT2D eigenvalue weighted by molar-refractivity contribution is 5.21. The minimum absolute atomic E-state index is 0.379. The van der Waals surface area contributed by atoms with Crippen LogP contribution < -0.4 is 0 Å². The third-order valence-electron chi connectivity index (χ3n) is 3.09. The first-order valence-corrected chi connectivity index (χ1v) is 5.43. The smallest absolute Gasteiger partial charge is 0.106 e. The number of hydrogen-bond donors (Lipinski definition) is 0. The van der Waals surface area contributed by atoms with E-state index in [-0.39, 0.29) is 0 Å². The maximum Gasteiger partial charge on any atom is 0.106 e. The molecule has 0 fully saturated rings. The number of imidazole rings is 1. The fraction of sp³-hybridized carbons (Fsp3) is 0.583. The van der Waals surface area contributed by atoms with Crippen LogP contribution in [-0.2, 0) is 12.8 Å². The Labute approximate surface area is 85.7 Å². The maximum atomic E-state index is 4.64. The SMILES string of the molecule is C=CC(C)n1c(C)nc2c1CCCC2. The van der Waals surface area contributed by atoms with Gasteiger partial charge in [0.25, 0.3) is 0 Å². The number of aryl methyl sites for hydroxylation is 2. The van der Waals surface area contributed by atoms with Gasteiger partial charge in [0.2, 0.25) is 0 Å². The van der Waals surface area contributed by atoms with Crippen molar-refractivity contribution in [3.05, 3.63) is 29.9 Å². The highest BCUT2D eigenvalue weighted by atomic mass is 15.1. The van der Waals surface area contributed by atoms with Crippen LogP contribution in [0.1, 0.15) is 43.0 Å². The highest BCUT2D eigenvalue weighted by Gasteiger charge is 2.19. The summed E-state index contributed by atoms with van der Waals surface area (Å²) in [4.78, 5) is 4.64. The molecule has 1 aliphatic carbocycles. The second-order valence-corrected chi connectivity index (χ2v) is 4.11. The summed E-state index contributed by atoms with van der Waals surface area (Å²) >= 11 is 0. The summed E-state index contributed by atoms with van der Waals surface area (Å²) in [6.45, 7) is 8.13. The van der Waals surface area contributed by atoms with Gasteiger partial charge in [-0.25, -0.2) is 4.98 Å². The summed E-state index contributed by atoms with van der Waals surface area (Å²) in [5, 5.41) is 0. The van der Waals surface area contributed by atoms with Crippen molar-refractivity contribution in [3.8, 4) is 0 Å². The van der Waals surface area contributed by atoms with Crippen molar-refractivity contribution in [2.45, 2.75) is 45.6 Å². The summed E-state index contributed by atoms with van der Waals surface area (Å²) < 4.78 is 2.33. The average Bonchev–Trinajstić information content (AvgIpc) is 2.53. The van der Waals surface area contributed by atoms with Crippen LogP contribution in [-0.4, -0.2) is 9.55 Å². The number of rotatable bonds is 2. The topological polar surface area (TPSA) is 17.8 Å². The molecule has 0 bridgehead atoms. The minimum atomic E-state index is 0.379. The van der Waals surface area contributed by atoms with Gasteiger partial charge in [-0.15, -0.1) is 6.58 Å². The zero-order valence-corrected chi connectivity index (χ0v) is 9.08. The van der Waals surface area contributed by atoms with Gasteiger partial charge in [0.05, 0.1) is 5.69 Å². The standard InChI is InChI=1S/C12H18N2/c1-4-9(2)14-10(3)13-11-7-5-6-8-12(11)14/h4,9H,1,5-8H2,2-3H3. The first-order valence-electron chi connectivity index (χ1n) is 5.43. The Balaban J connectivity index is 2.47. The summed E-state index contributed by atoms with van der Waals surface area (Å²) in [7, 11) is 0. The molecule has 14 heavy (non-hydrogen) atoms. The van der Waals surface area contributed by atoms with Crippen molar-refractivity contribution >= 4 is 0 Å². The molecule has 0 saturated carbocycles. The van der Waals surface area contributed by atoms with Crippen LogP contribution in [0.2, 0.25) is 0 Å². The number of fused-ring (bicyclic) bond motifs is 1. The van der Waals surface area contributed by atoms with E-state index in [1.807, 2.05) is 6.08 Å². The van der Waals surface area contributed by atoms with Crippen molar-refractivity contribution in [2.75, 3.05) is 0 Å². The van der Waals surface area contributed by atoms with E-state index >= 15 is 0 Å². The fourth-order valence-corrected chi connectivity index (χ4v) is 2.34. The second-order valence-electron chi connectivity index (χ2n) is 4.11. The van der Waals surface area contributed by atoms with Crippen molar-refractivity contribution in [3.63, 3.8) is 0 Å². The van der Waals surface area contributed by atoms with E-state index in [0.29, 0.717) is 6.04 Å². The lowest BCUT2D eigenvalue weighted by Crippen LogP contribution is -2.11. The van der Waals surface area contributed by atoms with Crippen molar-refractivity contribution in [1.82, 2.24) is 9.55 Å². The molecule has 2 nitrogen and oxygen atoms in total. The van der Waals surface area contributed by atoms with Crippen LogP contribution in [0, 0.1) is 6.92 Å². The summed E-state index contributed by atoms with van der Waals surface area (Å²) in [6.07, 6.45) is 6.94. The zero-order chi connectivity index (χ0) is 10.1. The second kappa shape index (κ2) is 3.60. The molecule has 2 rings (SSSR count). The number of nitrogens with zero attached hydrogens (tertiary/aromatic N) is 2. The predicted octanol–water partition coefficient (Wildman–Crippen LogP) is 2.82. The Morgan fingerprint density at radius 1 is 1.43 bits per heavy atom. The van der Waals surface area contributed by atoms with E-state index in [0.717, 1.165) is 12.2 Å². The molecule has 1 unspecified atom stereocenters. The third kappa shape index (κ3) is 1.39. The average molecular weight is 190 g/mol. The number of hydrogen-bond acceptors (Lipinski definition) is 1. The largest absolute Gasteiger partial charge is 0.325 e. The summed E-state index contributed by atoms with van der Waals surface area (Å²) in [5.74, 6) is 1.14. The molecule has 0 aliphatic heterocycles. The zero-order valence-electron chi connectivity index (χ0n) is 9.08. The van der Waals surface area contributed by atoms with E-state index in [9.17, 15) is 0 Å². The number of allylic oxidation sites excluding steroid dienone is 1. The van der Waals surface area contributed by atoms with Gasteiger partial charge in [-0.2, -0.15) is 0 Å². The van der Waals surface area contributed by atoms with Gasteiger partial charge in [0.15, 0.2) is 0 Å². The lowest BCUT2D eigenvalue weighted by molar-refractivity contribution is 0.574. The van der Waals surface area contributed by atoms with Crippen molar-refractivity contribution < 1.29 is 0 Å². The Kier molecular flexibility index (Phi) is 2.44. The molecule has 1 aromatic rings. The third-order valence-corrected chi connectivity index (χ3v) is 3.09. The van der Waals surface area contributed by atoms with Gasteiger partial charge in [-0.05, 0) is 39.5 Å². The molecular weight excluding hydrogens is 172 g/mol. The monoisotopic (exact) mass is 190 g/mol. The molecule has 0 radical (unpaired) electrons. The lowest BCUT2D eigenvalue weighted by atomic mass is 10.0. The Morgan fingerprint density at radius 2 is 2.14 bits per heavy atom. The molecule has 2 heteroatoms. The Bertz CT molecular complexity index is 349. The molecule has 0 N–H and O–H groups in total. The Hall–Kier alpha value is -1.05. The lowest BCUT2D eigenvalue weighted by Gasteiger charge is -2.18. The van der Waals surface area contributed by atoms with Gasteiger partial charge in [0.1, 0.15) is 5.82 Å². The van der Waals surface area contributed by atoms with Crippen molar-refractivity contribution in [2.24, 2.45) is 0 Å². The number of aromatic nitrogens is 2. The minimum Gasteiger partial charge on any atom is -0.325 e. The predicted molar refractivity (Wildman–Crippen MR) is 58.5 cm³/mol. The molecule has 0 spiro atoms. The summed E-state index contributed by atoms with van der Waals surface area (Å²) in [5.41, 5.74) is 2.77. The summed E-state index contributed by atoms with van der Waals surface area (Å²) in [6, 6.07) is 0.379. The van der Waals surface area contributed by atoms with E-state index in [1.165, 1.54) is 30.7 Å². The molecule has 76 valence electrons. The van der Waals surface area contributed by atoms with Gasteiger partial charge < -0.3 is 4.57 Å². The fourth-order valence-electron chi connectivity index (χ4n) is 2.34. The first-order chi connectivity index (χ1) is 6.74. The van der Waals surface area contributed by atoms with E-state index in [2.05, 4.69) is 30.0 Å². The van der Waals surface area contributed by atoms with E-state index < -0.39 is 0 Å². The highest BCUT2D eigenvalue weighted by Crippen LogP contribution is 2.25. The van der Waals surface area contributed by atoms with E-state index in [1.54, 1.807) is 0 Å². The molecule has 0 aromatic carbocycles. The van der Waals surface area contributed by atoms with Gasteiger partial charge in [-0.1, -0.05) is 6.08 Å². The van der Waals surface area contributed by atoms with Gasteiger partial charge in [-0.3, -0.25) is 0 Å². The van der Waals surface area contributed by atoms with Crippen molar-refractivity contribution in [1.29, 1.82) is 0 Å². The van der Waals surface area contributed by atoms with Crippen LogP contribution >= 0.6 is 0 Å². The molecule has 1 aromatic heterocycles. The van der Waals surface area contributed by atoms with Crippen LogP contribution in [0.4, 0.5) is 0 Å².